The fourth-order valence-electron chi connectivity index (χ4n) is 3.35. The summed E-state index contributed by atoms with van der Waals surface area (Å²) in [5.41, 5.74) is 2.24. The molecule has 7 nitrogen and oxygen atoms in total. The average Bonchev–Trinajstić information content (AvgIpc) is 3.11. The summed E-state index contributed by atoms with van der Waals surface area (Å²) >= 11 is 4.30. The minimum atomic E-state index is -0.525. The predicted molar refractivity (Wildman–Crippen MR) is 139 cm³/mol. The van der Waals surface area contributed by atoms with Gasteiger partial charge in [-0.05, 0) is 69.2 Å². The lowest BCUT2D eigenvalue weighted by Gasteiger charge is -2.14. The van der Waals surface area contributed by atoms with Crippen LogP contribution in [0.25, 0.3) is 6.08 Å². The number of carbonyl (C=O) groups is 3. The van der Waals surface area contributed by atoms with Crippen LogP contribution in [0.4, 0.5) is 10.5 Å². The lowest BCUT2D eigenvalue weighted by Crippen LogP contribution is -2.36. The number of para-hydroxylation sites is 1. The van der Waals surface area contributed by atoms with Crippen molar-refractivity contribution in [2.75, 3.05) is 19.0 Å². The summed E-state index contributed by atoms with van der Waals surface area (Å²) in [6.45, 7) is -0.00470. The first kappa shape index (κ1) is 24.6. The standard InChI is InChI=1S/C26H21BrN2O5S/c1-33-21-13-18(12-20(27)24(21)34-16-17-8-4-2-5-9-17)14-22-25(31)29(26(32)35-22)15-23(30)28-19-10-6-3-7-11-19/h2-14H,15-16H2,1H3,(H,28,30)/b22-14-. The monoisotopic (exact) mass is 552 g/mol. The summed E-state index contributed by atoms with van der Waals surface area (Å²) < 4.78 is 12.1. The number of benzene rings is 3. The second-order valence-corrected chi connectivity index (χ2v) is 9.34. The minimum Gasteiger partial charge on any atom is -0.493 e. The van der Waals surface area contributed by atoms with Crippen molar-refractivity contribution in [3.8, 4) is 11.5 Å². The average molecular weight is 553 g/mol. The van der Waals surface area contributed by atoms with E-state index in [-0.39, 0.29) is 11.4 Å². The zero-order chi connectivity index (χ0) is 24.8. The number of nitrogens with zero attached hydrogens (tertiary/aromatic N) is 1. The number of methoxy groups -OCH3 is 1. The molecule has 3 aromatic carbocycles. The van der Waals surface area contributed by atoms with Crippen molar-refractivity contribution in [3.63, 3.8) is 0 Å². The fraction of sp³-hybridized carbons (Fsp3) is 0.115. The summed E-state index contributed by atoms with van der Waals surface area (Å²) in [4.78, 5) is 38.8. The second kappa shape index (κ2) is 11.2. The molecular weight excluding hydrogens is 532 g/mol. The normalized spacial score (nSPS) is 14.3. The highest BCUT2D eigenvalue weighted by Gasteiger charge is 2.36. The van der Waals surface area contributed by atoms with E-state index in [0.29, 0.717) is 33.8 Å². The quantitative estimate of drug-likeness (QED) is 0.360. The number of hydrogen-bond acceptors (Lipinski definition) is 6. The molecular formula is C26H21BrN2O5S. The van der Waals surface area contributed by atoms with Gasteiger partial charge >= 0.3 is 0 Å². The zero-order valence-corrected chi connectivity index (χ0v) is 21.1. The van der Waals surface area contributed by atoms with Gasteiger partial charge in [0.05, 0.1) is 16.5 Å². The lowest BCUT2D eigenvalue weighted by molar-refractivity contribution is -0.127. The van der Waals surface area contributed by atoms with E-state index < -0.39 is 17.1 Å². The molecule has 4 rings (SSSR count). The SMILES string of the molecule is COc1cc(/C=C2\SC(=O)N(CC(=O)Nc3ccccc3)C2=O)cc(Br)c1OCc1ccccc1. The number of hydrogen-bond donors (Lipinski definition) is 1. The van der Waals surface area contributed by atoms with Gasteiger partial charge < -0.3 is 14.8 Å². The Balaban J connectivity index is 1.47. The molecule has 0 aromatic heterocycles. The Bertz CT molecular complexity index is 1280. The van der Waals surface area contributed by atoms with Crippen molar-refractivity contribution in [2.24, 2.45) is 0 Å². The molecule has 3 aromatic rings. The van der Waals surface area contributed by atoms with Crippen LogP contribution < -0.4 is 14.8 Å². The van der Waals surface area contributed by atoms with Crippen LogP contribution in [0.15, 0.2) is 82.2 Å². The van der Waals surface area contributed by atoms with Crippen LogP contribution >= 0.6 is 27.7 Å². The van der Waals surface area contributed by atoms with Gasteiger partial charge in [0.25, 0.3) is 11.1 Å². The van der Waals surface area contributed by atoms with Gasteiger partial charge in [-0.3, -0.25) is 19.3 Å². The first-order valence-corrected chi connectivity index (χ1v) is 12.2. The topological polar surface area (TPSA) is 84.9 Å². The van der Waals surface area contributed by atoms with Crippen LogP contribution in [0, 0.1) is 0 Å². The van der Waals surface area contributed by atoms with E-state index in [0.717, 1.165) is 22.2 Å². The Labute approximate surface area is 215 Å². The highest BCUT2D eigenvalue weighted by Crippen LogP contribution is 2.39. The molecule has 0 atom stereocenters. The number of imide groups is 1. The zero-order valence-electron chi connectivity index (χ0n) is 18.7. The largest absolute Gasteiger partial charge is 0.493 e. The molecule has 9 heteroatoms. The van der Waals surface area contributed by atoms with E-state index in [1.54, 1.807) is 42.5 Å². The summed E-state index contributed by atoms with van der Waals surface area (Å²) in [7, 11) is 1.53. The molecule has 1 heterocycles. The highest BCUT2D eigenvalue weighted by atomic mass is 79.9. The number of nitrogens with one attached hydrogen (secondary N) is 1. The van der Waals surface area contributed by atoms with E-state index >= 15 is 0 Å². The van der Waals surface area contributed by atoms with Crippen LogP contribution in [-0.4, -0.2) is 35.6 Å². The van der Waals surface area contributed by atoms with Crippen molar-refractivity contribution in [1.29, 1.82) is 0 Å². The summed E-state index contributed by atoms with van der Waals surface area (Å²) in [5, 5.41) is 2.17. The smallest absolute Gasteiger partial charge is 0.294 e. The Kier molecular flexibility index (Phi) is 7.89. The maximum atomic E-state index is 12.8. The molecule has 178 valence electrons. The number of thioether (sulfide) groups is 1. The van der Waals surface area contributed by atoms with E-state index in [1.165, 1.54) is 7.11 Å². The van der Waals surface area contributed by atoms with Crippen LogP contribution in [0.1, 0.15) is 11.1 Å². The van der Waals surface area contributed by atoms with Crippen LogP contribution in [0.2, 0.25) is 0 Å². The van der Waals surface area contributed by atoms with Crippen molar-refractivity contribution in [2.45, 2.75) is 6.61 Å². The van der Waals surface area contributed by atoms with Crippen LogP contribution in [-0.2, 0) is 16.2 Å². The Morgan fingerprint density at radius 2 is 1.74 bits per heavy atom. The second-order valence-electron chi connectivity index (χ2n) is 7.49. The molecule has 0 unspecified atom stereocenters. The number of ether oxygens (including phenoxy) is 2. The third-order valence-corrected chi connectivity index (χ3v) is 6.50. The van der Waals surface area contributed by atoms with Crippen molar-refractivity contribution < 1.29 is 23.9 Å². The molecule has 1 aliphatic rings. The molecule has 1 N–H and O–H groups in total. The molecule has 0 saturated carbocycles. The molecule has 1 saturated heterocycles. The first-order chi connectivity index (χ1) is 16.9. The van der Waals surface area contributed by atoms with E-state index in [4.69, 9.17) is 9.47 Å². The Morgan fingerprint density at radius 3 is 2.43 bits per heavy atom. The highest BCUT2D eigenvalue weighted by molar-refractivity contribution is 9.10. The van der Waals surface area contributed by atoms with Crippen LogP contribution in [0.5, 0.6) is 11.5 Å². The lowest BCUT2D eigenvalue weighted by atomic mass is 10.1. The third kappa shape index (κ3) is 6.12. The molecule has 0 spiro atoms. The maximum absolute atomic E-state index is 12.8. The van der Waals surface area contributed by atoms with Crippen molar-refractivity contribution in [3.05, 3.63) is 93.3 Å². The van der Waals surface area contributed by atoms with Gasteiger partial charge in [0.15, 0.2) is 11.5 Å². The molecule has 0 radical (unpaired) electrons. The number of amides is 3. The van der Waals surface area contributed by atoms with Gasteiger partial charge in [-0.25, -0.2) is 0 Å². The summed E-state index contributed by atoms with van der Waals surface area (Å²) in [5.74, 6) is 0.0222. The van der Waals surface area contributed by atoms with Gasteiger partial charge in [-0.1, -0.05) is 48.5 Å². The van der Waals surface area contributed by atoms with E-state index in [1.807, 2.05) is 36.4 Å². The van der Waals surface area contributed by atoms with Gasteiger partial charge in [0.2, 0.25) is 5.91 Å². The predicted octanol–water partition coefficient (Wildman–Crippen LogP) is 5.71. The molecule has 1 aliphatic heterocycles. The number of anilines is 1. The number of halogens is 1. The molecule has 35 heavy (non-hydrogen) atoms. The number of carbonyl (C=O) groups excluding carboxylic acids is 3. The summed E-state index contributed by atoms with van der Waals surface area (Å²) in [6, 6.07) is 22.1. The molecule has 3 amide bonds. The van der Waals surface area contributed by atoms with E-state index in [9.17, 15) is 14.4 Å². The molecule has 0 bridgehead atoms. The first-order valence-electron chi connectivity index (χ1n) is 10.6. The number of rotatable bonds is 8. The van der Waals surface area contributed by atoms with Gasteiger partial charge in [-0.15, -0.1) is 0 Å². The van der Waals surface area contributed by atoms with Gasteiger partial charge in [-0.2, -0.15) is 0 Å². The van der Waals surface area contributed by atoms with E-state index in [2.05, 4.69) is 21.2 Å². The van der Waals surface area contributed by atoms with Gasteiger partial charge in [0.1, 0.15) is 13.2 Å². The van der Waals surface area contributed by atoms with Crippen LogP contribution in [0.3, 0.4) is 0 Å². The summed E-state index contributed by atoms with van der Waals surface area (Å²) in [6.07, 6.45) is 1.59. The van der Waals surface area contributed by atoms with Crippen molar-refractivity contribution >= 4 is 56.5 Å². The Morgan fingerprint density at radius 1 is 1.06 bits per heavy atom. The maximum Gasteiger partial charge on any atom is 0.294 e. The minimum absolute atomic E-state index is 0.217. The van der Waals surface area contributed by atoms with Crippen molar-refractivity contribution in [1.82, 2.24) is 4.90 Å². The fourth-order valence-corrected chi connectivity index (χ4v) is 4.76. The third-order valence-electron chi connectivity index (χ3n) is 5.01. The molecule has 1 fully saturated rings. The molecule has 0 aliphatic carbocycles. The Hall–Kier alpha value is -3.56. The van der Waals surface area contributed by atoms with Gasteiger partial charge in [0, 0.05) is 5.69 Å².